The lowest BCUT2D eigenvalue weighted by atomic mass is 10.1. The maximum absolute atomic E-state index is 13.0. The van der Waals surface area contributed by atoms with E-state index >= 15 is 0 Å². The van der Waals surface area contributed by atoms with Gasteiger partial charge in [-0.1, -0.05) is 35.9 Å². The van der Waals surface area contributed by atoms with Crippen LogP contribution in [0.3, 0.4) is 0 Å². The summed E-state index contributed by atoms with van der Waals surface area (Å²) in [7, 11) is 3.18. The summed E-state index contributed by atoms with van der Waals surface area (Å²) < 4.78 is 4.60. The van der Waals surface area contributed by atoms with Crippen LogP contribution < -0.4 is 11.2 Å². The summed E-state index contributed by atoms with van der Waals surface area (Å²) in [5, 5.41) is 1.13. The molecule has 5 nitrogen and oxygen atoms in total. The molecule has 4 rings (SSSR count). The van der Waals surface area contributed by atoms with Crippen LogP contribution in [-0.4, -0.2) is 13.7 Å². The molecule has 2 heterocycles. The summed E-state index contributed by atoms with van der Waals surface area (Å²) in [6.45, 7) is 2.02. The number of aromatic nitrogens is 3. The van der Waals surface area contributed by atoms with Crippen LogP contribution in [0.25, 0.3) is 27.8 Å². The highest BCUT2D eigenvalue weighted by Gasteiger charge is 2.20. The van der Waals surface area contributed by atoms with Gasteiger partial charge < -0.3 is 4.57 Å². The zero-order valence-electron chi connectivity index (χ0n) is 15.2. The third-order valence-corrected chi connectivity index (χ3v) is 5.09. The second-order valence-electron chi connectivity index (χ2n) is 6.66. The minimum Gasteiger partial charge on any atom is -0.314 e. The predicted octanol–water partition coefficient (Wildman–Crippen LogP) is 3.66. The van der Waals surface area contributed by atoms with Crippen molar-refractivity contribution in [3.8, 4) is 16.9 Å². The Morgan fingerprint density at radius 1 is 0.926 bits per heavy atom. The molecule has 0 saturated carbocycles. The third kappa shape index (κ3) is 2.71. The second kappa shape index (κ2) is 6.28. The molecule has 6 heteroatoms. The molecular formula is C21H18ClN3O2. The minimum absolute atomic E-state index is 0.315. The zero-order valence-corrected chi connectivity index (χ0v) is 16.0. The van der Waals surface area contributed by atoms with Gasteiger partial charge in [-0.3, -0.25) is 13.9 Å². The van der Waals surface area contributed by atoms with Gasteiger partial charge in [0, 0.05) is 31.0 Å². The Morgan fingerprint density at radius 3 is 2.30 bits per heavy atom. The largest absolute Gasteiger partial charge is 0.330 e. The number of rotatable bonds is 2. The van der Waals surface area contributed by atoms with E-state index in [0.717, 1.165) is 27.1 Å². The first-order valence-electron chi connectivity index (χ1n) is 8.52. The summed E-state index contributed by atoms with van der Waals surface area (Å²) in [4.78, 5) is 25.4. The molecule has 136 valence electrons. The van der Waals surface area contributed by atoms with Crippen LogP contribution in [0, 0.1) is 6.92 Å². The van der Waals surface area contributed by atoms with Crippen LogP contribution in [0.5, 0.6) is 0 Å². The van der Waals surface area contributed by atoms with E-state index in [1.807, 2.05) is 54.1 Å². The Kier molecular flexibility index (Phi) is 4.04. The molecule has 0 amide bonds. The number of benzene rings is 2. The van der Waals surface area contributed by atoms with Crippen molar-refractivity contribution in [3.63, 3.8) is 0 Å². The first kappa shape index (κ1) is 17.4. The molecule has 4 aromatic rings. The summed E-state index contributed by atoms with van der Waals surface area (Å²) in [5.41, 5.74) is 3.55. The lowest BCUT2D eigenvalue weighted by Crippen LogP contribution is -2.36. The zero-order chi connectivity index (χ0) is 19.3. The lowest BCUT2D eigenvalue weighted by Gasteiger charge is -2.11. The molecule has 0 N–H and O–H groups in total. The van der Waals surface area contributed by atoms with Crippen LogP contribution in [0.1, 0.15) is 5.56 Å². The summed E-state index contributed by atoms with van der Waals surface area (Å²) >= 11 is 6.05. The van der Waals surface area contributed by atoms with Crippen molar-refractivity contribution < 1.29 is 0 Å². The lowest BCUT2D eigenvalue weighted by molar-refractivity contribution is 0.714. The fourth-order valence-electron chi connectivity index (χ4n) is 3.41. The fourth-order valence-corrected chi connectivity index (χ4v) is 3.54. The standard InChI is InChI=1S/C21H18ClN3O2/c1-13-5-4-6-16(11-13)25-12-17-18(20(26)24(3)21(27)23(17)2)19(25)14-7-9-15(22)10-8-14/h4-12H,1-3H3. The van der Waals surface area contributed by atoms with Gasteiger partial charge in [-0.2, -0.15) is 0 Å². The van der Waals surface area contributed by atoms with Crippen LogP contribution in [0.4, 0.5) is 0 Å². The highest BCUT2D eigenvalue weighted by Crippen LogP contribution is 2.31. The van der Waals surface area contributed by atoms with E-state index < -0.39 is 0 Å². The van der Waals surface area contributed by atoms with E-state index in [-0.39, 0.29) is 11.2 Å². The minimum atomic E-state index is -0.350. The van der Waals surface area contributed by atoms with Crippen LogP contribution in [0.2, 0.25) is 5.02 Å². The quantitative estimate of drug-likeness (QED) is 0.533. The number of hydrogen-bond acceptors (Lipinski definition) is 2. The maximum atomic E-state index is 13.0. The Hall–Kier alpha value is -3.05. The van der Waals surface area contributed by atoms with Gasteiger partial charge in [0.15, 0.2) is 0 Å². The molecule has 2 aromatic carbocycles. The number of fused-ring (bicyclic) bond motifs is 1. The average Bonchev–Trinajstić information content (AvgIpc) is 3.06. The average molecular weight is 380 g/mol. The summed E-state index contributed by atoms with van der Waals surface area (Å²) in [6.07, 6.45) is 1.84. The molecule has 0 aliphatic heterocycles. The first-order valence-corrected chi connectivity index (χ1v) is 8.90. The monoisotopic (exact) mass is 379 g/mol. The highest BCUT2D eigenvalue weighted by atomic mass is 35.5. The van der Waals surface area contributed by atoms with Gasteiger partial charge in [-0.25, -0.2) is 4.79 Å². The number of hydrogen-bond donors (Lipinski definition) is 0. The third-order valence-electron chi connectivity index (χ3n) is 4.84. The van der Waals surface area contributed by atoms with Gasteiger partial charge in [0.1, 0.15) is 0 Å². The number of nitrogens with zero attached hydrogens (tertiary/aromatic N) is 3. The molecule has 27 heavy (non-hydrogen) atoms. The molecule has 0 atom stereocenters. The summed E-state index contributed by atoms with van der Waals surface area (Å²) in [6, 6.07) is 15.4. The Labute approximate surface area is 160 Å². The van der Waals surface area contributed by atoms with Gasteiger partial charge in [0.25, 0.3) is 5.56 Å². The van der Waals surface area contributed by atoms with Crippen LogP contribution in [0.15, 0.2) is 64.3 Å². The van der Waals surface area contributed by atoms with E-state index in [0.29, 0.717) is 15.9 Å². The van der Waals surface area contributed by atoms with Crippen molar-refractivity contribution in [2.75, 3.05) is 0 Å². The van der Waals surface area contributed by atoms with Crippen LogP contribution >= 0.6 is 11.6 Å². The first-order chi connectivity index (χ1) is 12.9. The molecule has 0 spiro atoms. The van der Waals surface area contributed by atoms with Gasteiger partial charge in [0.2, 0.25) is 0 Å². The molecule has 2 aromatic heterocycles. The van der Waals surface area contributed by atoms with Crippen molar-refractivity contribution in [3.05, 3.63) is 86.2 Å². The van der Waals surface area contributed by atoms with Gasteiger partial charge in [-0.05, 0) is 42.3 Å². The highest BCUT2D eigenvalue weighted by molar-refractivity contribution is 6.30. The number of aryl methyl sites for hydroxylation is 2. The van der Waals surface area contributed by atoms with E-state index in [1.54, 1.807) is 19.2 Å². The van der Waals surface area contributed by atoms with Crippen molar-refractivity contribution in [1.82, 2.24) is 13.7 Å². The SMILES string of the molecule is Cc1cccc(-n2cc3c(c2-c2ccc(Cl)cc2)c(=O)n(C)c(=O)n3C)c1. The molecule has 0 fully saturated rings. The second-order valence-corrected chi connectivity index (χ2v) is 7.10. The van der Waals surface area contributed by atoms with Crippen molar-refractivity contribution in [2.45, 2.75) is 6.92 Å². The van der Waals surface area contributed by atoms with Crippen molar-refractivity contribution in [2.24, 2.45) is 14.1 Å². The molecule has 0 radical (unpaired) electrons. The Bertz CT molecular complexity index is 1290. The van der Waals surface area contributed by atoms with Crippen LogP contribution in [-0.2, 0) is 14.1 Å². The van der Waals surface area contributed by atoms with Gasteiger partial charge in [0.05, 0.1) is 16.6 Å². The van der Waals surface area contributed by atoms with E-state index in [4.69, 9.17) is 11.6 Å². The molecule has 0 saturated heterocycles. The fraction of sp³-hybridized carbons (Fsp3) is 0.143. The number of halogens is 1. The molecule has 0 aliphatic carbocycles. The summed E-state index contributed by atoms with van der Waals surface area (Å²) in [5.74, 6) is 0. The molecule has 0 bridgehead atoms. The Balaban J connectivity index is 2.21. The predicted molar refractivity (Wildman–Crippen MR) is 109 cm³/mol. The Morgan fingerprint density at radius 2 is 1.63 bits per heavy atom. The molecular weight excluding hydrogens is 362 g/mol. The molecule has 0 unspecified atom stereocenters. The topological polar surface area (TPSA) is 48.9 Å². The van der Waals surface area contributed by atoms with Gasteiger partial charge in [-0.15, -0.1) is 0 Å². The van der Waals surface area contributed by atoms with Gasteiger partial charge >= 0.3 is 5.69 Å². The van der Waals surface area contributed by atoms with Crippen molar-refractivity contribution >= 4 is 22.5 Å². The van der Waals surface area contributed by atoms with E-state index in [1.165, 1.54) is 11.6 Å². The van der Waals surface area contributed by atoms with E-state index in [2.05, 4.69) is 0 Å². The maximum Gasteiger partial charge on any atom is 0.330 e. The smallest absolute Gasteiger partial charge is 0.314 e. The van der Waals surface area contributed by atoms with Crippen molar-refractivity contribution in [1.29, 1.82) is 0 Å². The molecule has 0 aliphatic rings. The van der Waals surface area contributed by atoms with E-state index in [9.17, 15) is 9.59 Å². The normalized spacial score (nSPS) is 11.3.